The van der Waals surface area contributed by atoms with Crippen molar-refractivity contribution in [3.8, 4) is 0 Å². The van der Waals surface area contributed by atoms with Crippen LogP contribution in [0.3, 0.4) is 0 Å². The van der Waals surface area contributed by atoms with Crippen LogP contribution in [0.4, 0.5) is 0 Å². The zero-order valence-corrected chi connectivity index (χ0v) is 8.32. The van der Waals surface area contributed by atoms with Crippen LogP contribution in [-0.4, -0.2) is 11.7 Å². The van der Waals surface area contributed by atoms with Gasteiger partial charge in [0.15, 0.2) is 0 Å². The molecule has 0 spiro atoms. The Labute approximate surface area is 84.7 Å². The Balaban J connectivity index is 2.19. The van der Waals surface area contributed by atoms with Crippen LogP contribution in [0.25, 0.3) is 0 Å². The van der Waals surface area contributed by atoms with E-state index in [1.165, 1.54) is 6.42 Å². The lowest BCUT2D eigenvalue weighted by Gasteiger charge is -2.45. The predicted molar refractivity (Wildman–Crippen MR) is 56.7 cm³/mol. The molecule has 0 unspecified atom stereocenters. The number of aliphatic hydroxyl groups is 1. The van der Waals surface area contributed by atoms with Gasteiger partial charge >= 0.3 is 0 Å². The Bertz CT molecular complexity index is 287. The predicted octanol–water partition coefficient (Wildman–Crippen LogP) is 1.85. The molecular weight excluding hydrogens is 174 g/mol. The van der Waals surface area contributed by atoms with E-state index in [0.717, 1.165) is 18.4 Å². The van der Waals surface area contributed by atoms with Gasteiger partial charge in [-0.1, -0.05) is 36.8 Å². The van der Waals surface area contributed by atoms with Gasteiger partial charge in [-0.25, -0.2) is 0 Å². The first-order chi connectivity index (χ1) is 6.78. The molecule has 1 aliphatic rings. The van der Waals surface area contributed by atoms with Gasteiger partial charge in [0.2, 0.25) is 0 Å². The van der Waals surface area contributed by atoms with E-state index in [-0.39, 0.29) is 18.1 Å². The molecule has 1 aliphatic carbocycles. The van der Waals surface area contributed by atoms with Gasteiger partial charge in [-0.3, -0.25) is 0 Å². The van der Waals surface area contributed by atoms with Crippen molar-refractivity contribution in [2.45, 2.75) is 25.3 Å². The van der Waals surface area contributed by atoms with Crippen molar-refractivity contribution in [2.24, 2.45) is 11.1 Å². The summed E-state index contributed by atoms with van der Waals surface area (Å²) < 4.78 is 0. The van der Waals surface area contributed by atoms with Gasteiger partial charge < -0.3 is 10.8 Å². The van der Waals surface area contributed by atoms with Crippen molar-refractivity contribution in [3.63, 3.8) is 0 Å². The van der Waals surface area contributed by atoms with E-state index in [4.69, 9.17) is 5.73 Å². The molecule has 14 heavy (non-hydrogen) atoms. The zero-order chi connectivity index (χ0) is 10.0. The summed E-state index contributed by atoms with van der Waals surface area (Å²) in [5, 5.41) is 9.39. The summed E-state index contributed by atoms with van der Waals surface area (Å²) in [5.74, 6) is 0. The molecule has 2 nitrogen and oxygen atoms in total. The van der Waals surface area contributed by atoms with E-state index in [2.05, 4.69) is 0 Å². The van der Waals surface area contributed by atoms with Crippen LogP contribution in [0, 0.1) is 5.41 Å². The van der Waals surface area contributed by atoms with Crippen LogP contribution in [0.1, 0.15) is 30.9 Å². The van der Waals surface area contributed by atoms with Gasteiger partial charge in [0, 0.05) is 11.5 Å². The average Bonchev–Trinajstić information content (AvgIpc) is 2.18. The lowest BCUT2D eigenvalue weighted by Crippen LogP contribution is -2.43. The third-order valence-corrected chi connectivity index (χ3v) is 3.48. The monoisotopic (exact) mass is 191 g/mol. The average molecular weight is 191 g/mol. The maximum atomic E-state index is 9.39. The number of rotatable bonds is 3. The van der Waals surface area contributed by atoms with Crippen molar-refractivity contribution < 1.29 is 5.11 Å². The van der Waals surface area contributed by atoms with Crippen molar-refractivity contribution in [3.05, 3.63) is 35.9 Å². The summed E-state index contributed by atoms with van der Waals surface area (Å²) in [5.41, 5.74) is 7.29. The Morgan fingerprint density at radius 1 is 1.29 bits per heavy atom. The Kier molecular flexibility index (Phi) is 2.57. The second kappa shape index (κ2) is 3.71. The largest absolute Gasteiger partial charge is 0.396 e. The number of hydrogen-bond donors (Lipinski definition) is 2. The van der Waals surface area contributed by atoms with Gasteiger partial charge in [-0.2, -0.15) is 0 Å². The molecule has 0 bridgehead atoms. The van der Waals surface area contributed by atoms with Crippen LogP contribution in [0.2, 0.25) is 0 Å². The van der Waals surface area contributed by atoms with E-state index >= 15 is 0 Å². The van der Waals surface area contributed by atoms with Crippen molar-refractivity contribution >= 4 is 0 Å². The van der Waals surface area contributed by atoms with Crippen LogP contribution in [-0.2, 0) is 0 Å². The normalized spacial score (nSPS) is 21.3. The molecule has 1 atom stereocenters. The first kappa shape index (κ1) is 9.69. The fourth-order valence-electron chi connectivity index (χ4n) is 2.21. The maximum Gasteiger partial charge on any atom is 0.0505 e. The summed E-state index contributed by atoms with van der Waals surface area (Å²) in [4.78, 5) is 0. The van der Waals surface area contributed by atoms with Crippen LogP contribution < -0.4 is 5.73 Å². The SMILES string of the molecule is N[C@H](c1ccccc1)C1(CO)CCC1. The standard InChI is InChI=1S/C12H17NO/c13-11(10-5-2-1-3-6-10)12(9-14)7-4-8-12/h1-3,5-6,11,14H,4,7-9,13H2/t11-/m1/s1. The highest BCUT2D eigenvalue weighted by atomic mass is 16.3. The van der Waals surface area contributed by atoms with Gasteiger partial charge in [0.1, 0.15) is 0 Å². The van der Waals surface area contributed by atoms with Crippen LogP contribution in [0.5, 0.6) is 0 Å². The van der Waals surface area contributed by atoms with E-state index in [1.807, 2.05) is 30.3 Å². The second-order valence-corrected chi connectivity index (χ2v) is 4.26. The highest BCUT2D eigenvalue weighted by Crippen LogP contribution is 2.48. The topological polar surface area (TPSA) is 46.2 Å². The lowest BCUT2D eigenvalue weighted by atomic mass is 9.63. The first-order valence-corrected chi connectivity index (χ1v) is 5.20. The number of benzene rings is 1. The molecule has 0 amide bonds. The quantitative estimate of drug-likeness (QED) is 0.766. The molecule has 76 valence electrons. The summed E-state index contributed by atoms with van der Waals surface area (Å²) in [6, 6.07) is 10.1. The van der Waals surface area contributed by atoms with E-state index in [0.29, 0.717) is 0 Å². The molecule has 1 aromatic rings. The molecule has 0 saturated heterocycles. The van der Waals surface area contributed by atoms with Crippen molar-refractivity contribution in [1.82, 2.24) is 0 Å². The minimum absolute atomic E-state index is 0.0116. The summed E-state index contributed by atoms with van der Waals surface area (Å²) in [7, 11) is 0. The Hall–Kier alpha value is -0.860. The van der Waals surface area contributed by atoms with E-state index in [1.54, 1.807) is 0 Å². The maximum absolute atomic E-state index is 9.39. The second-order valence-electron chi connectivity index (χ2n) is 4.26. The fourth-order valence-corrected chi connectivity index (χ4v) is 2.21. The van der Waals surface area contributed by atoms with Gasteiger partial charge in [0.05, 0.1) is 6.61 Å². The van der Waals surface area contributed by atoms with Gasteiger partial charge in [-0.05, 0) is 18.4 Å². The molecule has 2 heteroatoms. The van der Waals surface area contributed by atoms with Crippen LogP contribution in [0.15, 0.2) is 30.3 Å². The lowest BCUT2D eigenvalue weighted by molar-refractivity contribution is 0.0184. The Morgan fingerprint density at radius 2 is 1.93 bits per heavy atom. The molecule has 1 fully saturated rings. The summed E-state index contributed by atoms with van der Waals surface area (Å²) in [6.45, 7) is 0.211. The molecule has 0 radical (unpaired) electrons. The number of aliphatic hydroxyl groups excluding tert-OH is 1. The molecule has 0 heterocycles. The molecule has 1 aromatic carbocycles. The highest BCUT2D eigenvalue weighted by Gasteiger charge is 2.42. The third kappa shape index (κ3) is 1.45. The molecule has 2 rings (SSSR count). The molecule has 3 N–H and O–H groups in total. The fraction of sp³-hybridized carbons (Fsp3) is 0.500. The van der Waals surface area contributed by atoms with Gasteiger partial charge in [0.25, 0.3) is 0 Å². The van der Waals surface area contributed by atoms with Crippen molar-refractivity contribution in [2.75, 3.05) is 6.61 Å². The third-order valence-electron chi connectivity index (χ3n) is 3.48. The number of nitrogens with two attached hydrogens (primary N) is 1. The summed E-state index contributed by atoms with van der Waals surface area (Å²) in [6.07, 6.45) is 3.31. The van der Waals surface area contributed by atoms with E-state index < -0.39 is 0 Å². The highest BCUT2D eigenvalue weighted by molar-refractivity contribution is 5.22. The van der Waals surface area contributed by atoms with Gasteiger partial charge in [-0.15, -0.1) is 0 Å². The van der Waals surface area contributed by atoms with Crippen molar-refractivity contribution in [1.29, 1.82) is 0 Å². The minimum atomic E-state index is -0.0403. The zero-order valence-electron chi connectivity index (χ0n) is 8.32. The van der Waals surface area contributed by atoms with Crippen LogP contribution >= 0.6 is 0 Å². The Morgan fingerprint density at radius 3 is 2.36 bits per heavy atom. The first-order valence-electron chi connectivity index (χ1n) is 5.20. The smallest absolute Gasteiger partial charge is 0.0505 e. The molecule has 0 aliphatic heterocycles. The minimum Gasteiger partial charge on any atom is -0.396 e. The van der Waals surface area contributed by atoms with E-state index in [9.17, 15) is 5.11 Å². The number of hydrogen-bond acceptors (Lipinski definition) is 2. The molecule has 1 saturated carbocycles. The summed E-state index contributed by atoms with van der Waals surface area (Å²) >= 11 is 0. The molecule has 0 aromatic heterocycles. The molecular formula is C12H17NO.